The fourth-order valence-electron chi connectivity index (χ4n) is 1.61. The third kappa shape index (κ3) is 5.48. The molecular weight excluding hydrogens is 292 g/mol. The molecule has 0 saturated heterocycles. The second kappa shape index (κ2) is 7.14. The lowest BCUT2D eigenvalue weighted by Gasteiger charge is -2.20. The Balaban J connectivity index is 2.68. The monoisotopic (exact) mass is 310 g/mol. The SMILES string of the molecule is C#CCn1ncc(Cl)c(NCCC(=O)NC(C)(C)C)c1=O. The van der Waals surface area contributed by atoms with Crippen LogP contribution in [-0.4, -0.2) is 27.8 Å². The predicted molar refractivity (Wildman–Crippen MR) is 83.3 cm³/mol. The van der Waals surface area contributed by atoms with Gasteiger partial charge in [0.25, 0.3) is 5.56 Å². The van der Waals surface area contributed by atoms with E-state index in [0.717, 1.165) is 4.68 Å². The molecule has 1 aromatic heterocycles. The first kappa shape index (κ1) is 17.1. The highest BCUT2D eigenvalue weighted by molar-refractivity contribution is 6.33. The van der Waals surface area contributed by atoms with Crippen molar-refractivity contribution in [2.24, 2.45) is 0 Å². The fraction of sp³-hybridized carbons (Fsp3) is 0.500. The fourth-order valence-corrected chi connectivity index (χ4v) is 1.80. The second-order valence-electron chi connectivity index (χ2n) is 5.51. The average molecular weight is 311 g/mol. The van der Waals surface area contributed by atoms with Gasteiger partial charge in [-0.05, 0) is 20.8 Å². The number of nitrogens with one attached hydrogen (secondary N) is 2. The first-order chi connectivity index (χ1) is 9.74. The Morgan fingerprint density at radius 2 is 2.19 bits per heavy atom. The maximum Gasteiger partial charge on any atom is 0.292 e. The smallest absolute Gasteiger partial charge is 0.292 e. The molecule has 114 valence electrons. The standard InChI is InChI=1S/C14H19ClN4O2/c1-5-8-19-13(21)12(10(15)9-17-19)16-7-6-11(20)18-14(2,3)4/h1,9,16H,6-8H2,2-4H3,(H,18,20). The topological polar surface area (TPSA) is 76.0 Å². The van der Waals surface area contributed by atoms with Gasteiger partial charge in [0.05, 0.1) is 11.2 Å². The summed E-state index contributed by atoms with van der Waals surface area (Å²) in [6.07, 6.45) is 6.73. The van der Waals surface area contributed by atoms with Crippen molar-refractivity contribution >= 4 is 23.2 Å². The van der Waals surface area contributed by atoms with Crippen molar-refractivity contribution in [3.05, 3.63) is 21.6 Å². The minimum atomic E-state index is -0.406. The third-order valence-corrected chi connectivity index (χ3v) is 2.69. The highest BCUT2D eigenvalue weighted by atomic mass is 35.5. The lowest BCUT2D eigenvalue weighted by Crippen LogP contribution is -2.41. The molecule has 0 spiro atoms. The van der Waals surface area contributed by atoms with Gasteiger partial charge in [0, 0.05) is 18.5 Å². The summed E-state index contributed by atoms with van der Waals surface area (Å²) in [6, 6.07) is 0. The summed E-state index contributed by atoms with van der Waals surface area (Å²) in [5.74, 6) is 2.23. The lowest BCUT2D eigenvalue weighted by atomic mass is 10.1. The van der Waals surface area contributed by atoms with Crippen LogP contribution in [0.15, 0.2) is 11.0 Å². The molecule has 1 heterocycles. The Labute approximate surface area is 128 Å². The third-order valence-electron chi connectivity index (χ3n) is 2.41. The number of nitrogens with zero attached hydrogens (tertiary/aromatic N) is 2. The minimum absolute atomic E-state index is 0.0647. The van der Waals surface area contributed by atoms with Gasteiger partial charge in [0.15, 0.2) is 0 Å². The average Bonchev–Trinajstić information content (AvgIpc) is 2.35. The van der Waals surface area contributed by atoms with E-state index in [0.29, 0.717) is 0 Å². The number of hydrogen-bond acceptors (Lipinski definition) is 4. The molecule has 1 amide bonds. The maximum atomic E-state index is 12.0. The zero-order valence-electron chi connectivity index (χ0n) is 12.4. The van der Waals surface area contributed by atoms with Crippen LogP contribution in [-0.2, 0) is 11.3 Å². The molecule has 0 bridgehead atoms. The highest BCUT2D eigenvalue weighted by Gasteiger charge is 2.14. The lowest BCUT2D eigenvalue weighted by molar-refractivity contribution is -0.122. The van der Waals surface area contributed by atoms with E-state index in [4.69, 9.17) is 18.0 Å². The molecule has 0 unspecified atom stereocenters. The molecule has 7 heteroatoms. The summed E-state index contributed by atoms with van der Waals surface area (Å²) in [7, 11) is 0. The van der Waals surface area contributed by atoms with E-state index in [1.54, 1.807) is 0 Å². The Bertz CT molecular complexity index is 611. The van der Waals surface area contributed by atoms with Crippen LogP contribution in [0.1, 0.15) is 27.2 Å². The summed E-state index contributed by atoms with van der Waals surface area (Å²) in [5, 5.41) is 9.72. The van der Waals surface area contributed by atoms with E-state index < -0.39 is 5.56 Å². The van der Waals surface area contributed by atoms with Gasteiger partial charge in [-0.15, -0.1) is 6.42 Å². The van der Waals surface area contributed by atoms with E-state index in [9.17, 15) is 9.59 Å². The first-order valence-corrected chi connectivity index (χ1v) is 6.86. The van der Waals surface area contributed by atoms with Gasteiger partial charge in [-0.25, -0.2) is 4.68 Å². The summed E-state index contributed by atoms with van der Waals surface area (Å²) in [5.41, 5.74) is -0.493. The van der Waals surface area contributed by atoms with Gasteiger partial charge < -0.3 is 10.6 Å². The number of carbonyl (C=O) groups excluding carboxylic acids is 1. The number of aromatic nitrogens is 2. The molecule has 0 atom stereocenters. The largest absolute Gasteiger partial charge is 0.379 e. The van der Waals surface area contributed by atoms with Gasteiger partial charge in [-0.2, -0.15) is 5.10 Å². The molecule has 1 aromatic rings. The highest BCUT2D eigenvalue weighted by Crippen LogP contribution is 2.14. The normalized spacial score (nSPS) is 10.8. The molecule has 1 rings (SSSR count). The zero-order valence-corrected chi connectivity index (χ0v) is 13.1. The van der Waals surface area contributed by atoms with E-state index >= 15 is 0 Å². The van der Waals surface area contributed by atoms with Crippen molar-refractivity contribution in [1.29, 1.82) is 0 Å². The van der Waals surface area contributed by atoms with Gasteiger partial charge in [-0.3, -0.25) is 9.59 Å². The number of terminal acetylenes is 1. The van der Waals surface area contributed by atoms with Crippen LogP contribution >= 0.6 is 11.6 Å². The number of anilines is 1. The summed E-state index contributed by atoms with van der Waals surface area (Å²) in [6.45, 7) is 6.05. The number of amides is 1. The molecule has 0 saturated carbocycles. The number of hydrogen-bond donors (Lipinski definition) is 2. The quantitative estimate of drug-likeness (QED) is 0.803. The second-order valence-corrected chi connectivity index (χ2v) is 5.92. The van der Waals surface area contributed by atoms with Crippen molar-refractivity contribution in [3.8, 4) is 12.3 Å². The summed E-state index contributed by atoms with van der Waals surface area (Å²) < 4.78 is 1.13. The molecule has 0 aliphatic carbocycles. The van der Waals surface area contributed by atoms with Crippen molar-refractivity contribution < 1.29 is 4.79 Å². The molecular formula is C14H19ClN4O2. The van der Waals surface area contributed by atoms with Gasteiger partial charge in [0.1, 0.15) is 12.2 Å². The van der Waals surface area contributed by atoms with Crippen LogP contribution in [0.25, 0.3) is 0 Å². The van der Waals surface area contributed by atoms with Crippen LogP contribution in [0.2, 0.25) is 5.02 Å². The van der Waals surface area contributed by atoms with Gasteiger partial charge in [-0.1, -0.05) is 17.5 Å². The molecule has 0 aliphatic rings. The Kier molecular flexibility index (Phi) is 5.79. The van der Waals surface area contributed by atoms with E-state index in [-0.39, 0.29) is 41.7 Å². The van der Waals surface area contributed by atoms with Crippen LogP contribution < -0.4 is 16.2 Å². The Morgan fingerprint density at radius 3 is 2.76 bits per heavy atom. The van der Waals surface area contributed by atoms with E-state index in [1.165, 1.54) is 6.20 Å². The minimum Gasteiger partial charge on any atom is -0.379 e. The van der Waals surface area contributed by atoms with Crippen LogP contribution in [0.5, 0.6) is 0 Å². The van der Waals surface area contributed by atoms with Crippen molar-refractivity contribution in [1.82, 2.24) is 15.1 Å². The van der Waals surface area contributed by atoms with E-state index in [2.05, 4.69) is 21.7 Å². The van der Waals surface area contributed by atoms with Crippen molar-refractivity contribution in [2.45, 2.75) is 39.3 Å². The van der Waals surface area contributed by atoms with Crippen molar-refractivity contribution in [2.75, 3.05) is 11.9 Å². The molecule has 0 aromatic carbocycles. The molecule has 21 heavy (non-hydrogen) atoms. The Hall–Kier alpha value is -2.00. The van der Waals surface area contributed by atoms with Gasteiger partial charge >= 0.3 is 0 Å². The molecule has 6 nitrogen and oxygen atoms in total. The predicted octanol–water partition coefficient (Wildman–Crippen LogP) is 1.25. The van der Waals surface area contributed by atoms with Gasteiger partial charge in [0.2, 0.25) is 5.91 Å². The van der Waals surface area contributed by atoms with Crippen LogP contribution in [0, 0.1) is 12.3 Å². The molecule has 0 fully saturated rings. The first-order valence-electron chi connectivity index (χ1n) is 6.48. The van der Waals surface area contributed by atoms with Crippen LogP contribution in [0.4, 0.5) is 5.69 Å². The molecule has 2 N–H and O–H groups in total. The zero-order chi connectivity index (χ0) is 16.0. The number of rotatable bonds is 5. The molecule has 0 radical (unpaired) electrons. The van der Waals surface area contributed by atoms with Crippen LogP contribution in [0.3, 0.4) is 0 Å². The number of carbonyl (C=O) groups is 1. The summed E-state index contributed by atoms with van der Waals surface area (Å²) >= 11 is 5.93. The van der Waals surface area contributed by atoms with Crippen molar-refractivity contribution in [3.63, 3.8) is 0 Å². The number of halogens is 1. The molecule has 0 aliphatic heterocycles. The Morgan fingerprint density at radius 1 is 1.52 bits per heavy atom. The summed E-state index contributed by atoms with van der Waals surface area (Å²) in [4.78, 5) is 23.7. The maximum absolute atomic E-state index is 12.0. The van der Waals surface area contributed by atoms with E-state index in [1.807, 2.05) is 20.8 Å².